The van der Waals surface area contributed by atoms with Crippen LogP contribution in [0.15, 0.2) is 42.6 Å². The molecule has 2 aromatic rings. The van der Waals surface area contributed by atoms with Crippen molar-refractivity contribution in [2.45, 2.75) is 31.3 Å². The normalized spacial score (nSPS) is 19.4. The van der Waals surface area contributed by atoms with Gasteiger partial charge >= 0.3 is 0 Å². The number of rotatable bonds is 2. The van der Waals surface area contributed by atoms with Crippen LogP contribution in [-0.4, -0.2) is 15.3 Å². The molecule has 88 valence electrons. The molecule has 0 amide bonds. The molecule has 1 saturated carbocycles. The lowest BCUT2D eigenvalue weighted by molar-refractivity contribution is 0.0999. The predicted molar refractivity (Wildman–Crippen MR) is 70.7 cm³/mol. The molecule has 17 heavy (non-hydrogen) atoms. The molecule has 0 bridgehead atoms. The van der Waals surface area contributed by atoms with Crippen LogP contribution >= 0.6 is 0 Å². The molecule has 1 heterocycles. The Labute approximate surface area is 101 Å². The molecule has 0 radical (unpaired) electrons. The first-order valence-corrected chi connectivity index (χ1v) is 6.24. The van der Waals surface area contributed by atoms with E-state index in [1.165, 1.54) is 10.9 Å². The van der Waals surface area contributed by atoms with E-state index in [1.54, 1.807) is 0 Å². The molecule has 0 aliphatic heterocycles. The summed E-state index contributed by atoms with van der Waals surface area (Å²) in [6.07, 6.45) is 10.0. The van der Waals surface area contributed by atoms with Crippen molar-refractivity contribution in [1.82, 2.24) is 4.57 Å². The first-order chi connectivity index (χ1) is 8.27. The Bertz CT molecular complexity index is 547. The standard InChI is InChI=1S/C15H17NO/c17-15(8-3-4-9-15)10-12-16-11-7-13-5-1-2-6-14(13)16/h1-2,5-7,10-12,17H,3-4,8-9H2/b12-10+. The van der Waals surface area contributed by atoms with E-state index in [9.17, 15) is 5.11 Å². The van der Waals surface area contributed by atoms with Crippen LogP contribution in [0.2, 0.25) is 0 Å². The van der Waals surface area contributed by atoms with Crippen molar-refractivity contribution in [3.05, 3.63) is 42.6 Å². The van der Waals surface area contributed by atoms with E-state index in [4.69, 9.17) is 0 Å². The Balaban J connectivity index is 1.92. The van der Waals surface area contributed by atoms with Crippen LogP contribution in [-0.2, 0) is 0 Å². The fourth-order valence-corrected chi connectivity index (χ4v) is 2.61. The summed E-state index contributed by atoms with van der Waals surface area (Å²) in [6.45, 7) is 0. The zero-order chi connectivity index (χ0) is 11.7. The highest BCUT2D eigenvalue weighted by Gasteiger charge is 2.27. The number of hydrogen-bond donors (Lipinski definition) is 1. The van der Waals surface area contributed by atoms with Gasteiger partial charge < -0.3 is 9.67 Å². The SMILES string of the molecule is OC1(/C=C/n2ccc3ccccc32)CCCC1. The van der Waals surface area contributed by atoms with Gasteiger partial charge in [0, 0.05) is 12.4 Å². The molecule has 1 aliphatic carbocycles. The molecule has 1 aromatic heterocycles. The molecule has 2 nitrogen and oxygen atoms in total. The third-order valence-corrected chi connectivity index (χ3v) is 3.64. The minimum absolute atomic E-state index is 0.578. The Kier molecular flexibility index (Phi) is 2.52. The van der Waals surface area contributed by atoms with Crippen LogP contribution in [0, 0.1) is 0 Å². The van der Waals surface area contributed by atoms with Gasteiger partial charge in [-0.2, -0.15) is 0 Å². The Morgan fingerprint density at radius 1 is 1.12 bits per heavy atom. The Morgan fingerprint density at radius 2 is 1.88 bits per heavy atom. The van der Waals surface area contributed by atoms with Crippen LogP contribution in [0.25, 0.3) is 17.1 Å². The van der Waals surface area contributed by atoms with Gasteiger partial charge in [-0.25, -0.2) is 0 Å². The second kappa shape index (κ2) is 4.04. The topological polar surface area (TPSA) is 25.2 Å². The molecule has 1 aliphatic rings. The summed E-state index contributed by atoms with van der Waals surface area (Å²) in [5.41, 5.74) is 0.608. The summed E-state index contributed by atoms with van der Waals surface area (Å²) >= 11 is 0. The number of para-hydroxylation sites is 1. The molecule has 0 spiro atoms. The molecule has 0 saturated heterocycles. The first-order valence-electron chi connectivity index (χ1n) is 6.24. The molecule has 2 heteroatoms. The van der Waals surface area contributed by atoms with Crippen LogP contribution in [0.3, 0.4) is 0 Å². The number of aromatic nitrogens is 1. The van der Waals surface area contributed by atoms with Gasteiger partial charge in [-0.3, -0.25) is 0 Å². The molecule has 0 atom stereocenters. The van der Waals surface area contributed by atoms with Crippen molar-refractivity contribution in [3.8, 4) is 0 Å². The van der Waals surface area contributed by atoms with Crippen molar-refractivity contribution < 1.29 is 5.11 Å². The number of aliphatic hydroxyl groups is 1. The van der Waals surface area contributed by atoms with Crippen LogP contribution in [0.5, 0.6) is 0 Å². The quantitative estimate of drug-likeness (QED) is 0.835. The monoisotopic (exact) mass is 227 g/mol. The van der Waals surface area contributed by atoms with Gasteiger partial charge in [-0.05, 0) is 36.4 Å². The zero-order valence-corrected chi connectivity index (χ0v) is 9.84. The third-order valence-electron chi connectivity index (χ3n) is 3.64. The fraction of sp³-hybridized carbons (Fsp3) is 0.333. The van der Waals surface area contributed by atoms with E-state index >= 15 is 0 Å². The summed E-state index contributed by atoms with van der Waals surface area (Å²) < 4.78 is 2.08. The summed E-state index contributed by atoms with van der Waals surface area (Å²) in [4.78, 5) is 0. The first kappa shape index (κ1) is 10.6. The average molecular weight is 227 g/mol. The van der Waals surface area contributed by atoms with Crippen molar-refractivity contribution in [3.63, 3.8) is 0 Å². The van der Waals surface area contributed by atoms with Gasteiger partial charge in [0.1, 0.15) is 0 Å². The van der Waals surface area contributed by atoms with Crippen molar-refractivity contribution in [2.24, 2.45) is 0 Å². The second-order valence-corrected chi connectivity index (χ2v) is 4.91. The molecular weight excluding hydrogens is 210 g/mol. The number of nitrogens with zero attached hydrogens (tertiary/aromatic N) is 1. The smallest absolute Gasteiger partial charge is 0.0844 e. The highest BCUT2D eigenvalue weighted by molar-refractivity contribution is 5.81. The van der Waals surface area contributed by atoms with Crippen molar-refractivity contribution >= 4 is 17.1 Å². The van der Waals surface area contributed by atoms with Crippen LogP contribution in [0.1, 0.15) is 25.7 Å². The van der Waals surface area contributed by atoms with E-state index in [2.05, 4.69) is 22.8 Å². The van der Waals surface area contributed by atoms with E-state index in [1.807, 2.05) is 30.6 Å². The number of benzene rings is 1. The Morgan fingerprint density at radius 3 is 2.71 bits per heavy atom. The summed E-state index contributed by atoms with van der Waals surface area (Å²) in [7, 11) is 0. The Hall–Kier alpha value is -1.54. The average Bonchev–Trinajstić information content (AvgIpc) is 2.94. The second-order valence-electron chi connectivity index (χ2n) is 4.91. The lowest BCUT2D eigenvalue weighted by Crippen LogP contribution is -2.20. The van der Waals surface area contributed by atoms with Gasteiger partial charge in [0.05, 0.1) is 11.1 Å². The van der Waals surface area contributed by atoms with Gasteiger partial charge in [0.25, 0.3) is 0 Å². The van der Waals surface area contributed by atoms with Gasteiger partial charge in [0.15, 0.2) is 0 Å². The summed E-state index contributed by atoms with van der Waals surface area (Å²) in [5.74, 6) is 0. The highest BCUT2D eigenvalue weighted by Crippen LogP contribution is 2.31. The minimum atomic E-state index is -0.578. The van der Waals surface area contributed by atoms with Gasteiger partial charge in [-0.15, -0.1) is 0 Å². The molecule has 1 fully saturated rings. The maximum Gasteiger partial charge on any atom is 0.0844 e. The molecular formula is C15H17NO. The van der Waals surface area contributed by atoms with Crippen LogP contribution in [0.4, 0.5) is 0 Å². The molecule has 0 unspecified atom stereocenters. The van der Waals surface area contributed by atoms with Crippen molar-refractivity contribution in [2.75, 3.05) is 0 Å². The zero-order valence-electron chi connectivity index (χ0n) is 9.84. The number of hydrogen-bond acceptors (Lipinski definition) is 1. The molecule has 3 rings (SSSR count). The number of fused-ring (bicyclic) bond motifs is 1. The van der Waals surface area contributed by atoms with E-state index in [0.29, 0.717) is 0 Å². The van der Waals surface area contributed by atoms with E-state index in [-0.39, 0.29) is 0 Å². The molecule has 1 aromatic carbocycles. The predicted octanol–water partition coefficient (Wildman–Crippen LogP) is 3.42. The summed E-state index contributed by atoms with van der Waals surface area (Å²) in [5, 5.41) is 11.5. The molecule has 1 N–H and O–H groups in total. The third kappa shape index (κ3) is 2.01. The highest BCUT2D eigenvalue weighted by atomic mass is 16.3. The van der Waals surface area contributed by atoms with Gasteiger partial charge in [0.2, 0.25) is 0 Å². The minimum Gasteiger partial charge on any atom is -0.386 e. The summed E-state index contributed by atoms with van der Waals surface area (Å²) in [6, 6.07) is 10.4. The maximum atomic E-state index is 10.3. The fourth-order valence-electron chi connectivity index (χ4n) is 2.61. The van der Waals surface area contributed by atoms with Crippen LogP contribution < -0.4 is 0 Å². The lowest BCUT2D eigenvalue weighted by atomic mass is 10.0. The van der Waals surface area contributed by atoms with E-state index in [0.717, 1.165) is 25.7 Å². The van der Waals surface area contributed by atoms with Gasteiger partial charge in [-0.1, -0.05) is 31.0 Å². The maximum absolute atomic E-state index is 10.3. The van der Waals surface area contributed by atoms with E-state index < -0.39 is 5.60 Å². The van der Waals surface area contributed by atoms with Crippen molar-refractivity contribution in [1.29, 1.82) is 0 Å². The largest absolute Gasteiger partial charge is 0.386 e. The lowest BCUT2D eigenvalue weighted by Gasteiger charge is -2.16.